The minimum absolute atomic E-state index is 0.00694. The molecule has 2 aromatic rings. The number of methoxy groups -OCH3 is 2. The van der Waals surface area contributed by atoms with E-state index in [1.54, 1.807) is 26.4 Å². The minimum atomic E-state index is -0.744. The average Bonchev–Trinajstić information content (AvgIpc) is 2.84. The summed E-state index contributed by atoms with van der Waals surface area (Å²) in [6.07, 6.45) is 1.59. The molecule has 182 valence electrons. The van der Waals surface area contributed by atoms with Gasteiger partial charge in [0.1, 0.15) is 17.5 Å². The fourth-order valence-electron chi connectivity index (χ4n) is 4.10. The molecule has 0 aliphatic carbocycles. The largest absolute Gasteiger partial charge is 0.497 e. The van der Waals surface area contributed by atoms with E-state index < -0.39 is 6.04 Å². The first-order valence-electron chi connectivity index (χ1n) is 11.4. The highest BCUT2D eigenvalue weighted by Crippen LogP contribution is 2.26. The molecule has 0 radical (unpaired) electrons. The molecule has 8 heteroatoms. The number of nitrogens with one attached hydrogen (secondary N) is 2. The number of ether oxygens (including phenoxy) is 2. The maximum Gasteiger partial charge on any atom is 0.253 e. The third kappa shape index (κ3) is 6.50. The van der Waals surface area contributed by atoms with Crippen molar-refractivity contribution in [3.63, 3.8) is 0 Å². The molecule has 34 heavy (non-hydrogen) atoms. The van der Waals surface area contributed by atoms with Gasteiger partial charge in [-0.1, -0.05) is 23.8 Å². The van der Waals surface area contributed by atoms with Gasteiger partial charge < -0.3 is 25.0 Å². The molecule has 1 heterocycles. The molecule has 3 amide bonds. The summed E-state index contributed by atoms with van der Waals surface area (Å²) in [6, 6.07) is 12.1. The number of hydrogen-bond donors (Lipinski definition) is 2. The Labute approximate surface area is 200 Å². The van der Waals surface area contributed by atoms with Crippen LogP contribution < -0.4 is 20.1 Å². The van der Waals surface area contributed by atoms with Crippen molar-refractivity contribution in [1.29, 1.82) is 0 Å². The molecule has 0 aromatic heterocycles. The number of piperidine rings is 1. The van der Waals surface area contributed by atoms with Crippen LogP contribution in [-0.4, -0.2) is 62.0 Å². The van der Waals surface area contributed by atoms with Gasteiger partial charge in [0.25, 0.3) is 5.91 Å². The normalized spacial score (nSPS) is 14.8. The van der Waals surface area contributed by atoms with Crippen LogP contribution in [0.2, 0.25) is 0 Å². The van der Waals surface area contributed by atoms with Crippen molar-refractivity contribution in [3.05, 3.63) is 59.2 Å². The molecule has 2 N–H and O–H groups in total. The molecule has 8 nitrogen and oxygen atoms in total. The van der Waals surface area contributed by atoms with Crippen molar-refractivity contribution in [2.45, 2.75) is 45.2 Å². The molecular formula is C26H33N3O5. The Balaban J connectivity index is 1.60. The van der Waals surface area contributed by atoms with Gasteiger partial charge in [-0.25, -0.2) is 0 Å². The van der Waals surface area contributed by atoms with Gasteiger partial charge in [-0.2, -0.15) is 0 Å². The van der Waals surface area contributed by atoms with E-state index in [1.165, 1.54) is 6.92 Å². The van der Waals surface area contributed by atoms with E-state index in [0.29, 0.717) is 43.0 Å². The van der Waals surface area contributed by atoms with Crippen LogP contribution in [0.5, 0.6) is 11.5 Å². The Morgan fingerprint density at radius 2 is 1.71 bits per heavy atom. The lowest BCUT2D eigenvalue weighted by atomic mass is 10.0. The van der Waals surface area contributed by atoms with Crippen LogP contribution in [0.15, 0.2) is 42.5 Å². The monoisotopic (exact) mass is 467 g/mol. The molecule has 0 spiro atoms. The molecule has 0 saturated carbocycles. The quantitative estimate of drug-likeness (QED) is 0.622. The topological polar surface area (TPSA) is 97.0 Å². The highest BCUT2D eigenvalue weighted by Gasteiger charge is 2.28. The Hall–Kier alpha value is -3.55. The van der Waals surface area contributed by atoms with Crippen molar-refractivity contribution in [2.75, 3.05) is 27.3 Å². The molecule has 1 atom stereocenters. The van der Waals surface area contributed by atoms with Gasteiger partial charge >= 0.3 is 0 Å². The highest BCUT2D eigenvalue weighted by molar-refractivity contribution is 5.94. The third-order valence-electron chi connectivity index (χ3n) is 6.04. The number of hydrogen-bond acceptors (Lipinski definition) is 5. The minimum Gasteiger partial charge on any atom is -0.497 e. The maximum atomic E-state index is 13.1. The Morgan fingerprint density at radius 3 is 2.29 bits per heavy atom. The van der Waals surface area contributed by atoms with E-state index in [1.807, 2.05) is 42.2 Å². The number of carbonyl (C=O) groups excluding carboxylic acids is 3. The molecule has 1 saturated heterocycles. The van der Waals surface area contributed by atoms with Crippen LogP contribution >= 0.6 is 0 Å². The molecule has 0 bridgehead atoms. The number of aryl methyl sites for hydroxylation is 1. The molecule has 1 aliphatic rings. The van der Waals surface area contributed by atoms with E-state index >= 15 is 0 Å². The molecule has 1 fully saturated rings. The first-order valence-corrected chi connectivity index (χ1v) is 11.4. The van der Waals surface area contributed by atoms with Crippen LogP contribution in [0.25, 0.3) is 0 Å². The van der Waals surface area contributed by atoms with E-state index in [2.05, 4.69) is 10.6 Å². The number of nitrogens with zero attached hydrogens (tertiary/aromatic N) is 1. The predicted octanol–water partition coefficient (Wildman–Crippen LogP) is 2.48. The fourth-order valence-corrected chi connectivity index (χ4v) is 4.10. The number of amides is 3. The first-order chi connectivity index (χ1) is 16.3. The summed E-state index contributed by atoms with van der Waals surface area (Å²) in [7, 11) is 3.12. The molecular weight excluding hydrogens is 434 g/mol. The second-order valence-electron chi connectivity index (χ2n) is 8.58. The van der Waals surface area contributed by atoms with Crippen molar-refractivity contribution in [3.8, 4) is 11.5 Å². The van der Waals surface area contributed by atoms with Crippen LogP contribution in [-0.2, 0) is 16.0 Å². The van der Waals surface area contributed by atoms with Crippen LogP contribution in [0.3, 0.4) is 0 Å². The van der Waals surface area contributed by atoms with Gasteiger partial charge in [0.05, 0.1) is 14.2 Å². The number of benzene rings is 2. The lowest BCUT2D eigenvalue weighted by molar-refractivity contribution is -0.128. The number of carbonyl (C=O) groups is 3. The molecule has 3 rings (SSSR count). The third-order valence-corrected chi connectivity index (χ3v) is 6.04. The zero-order valence-electron chi connectivity index (χ0n) is 20.2. The Morgan fingerprint density at radius 1 is 1.03 bits per heavy atom. The van der Waals surface area contributed by atoms with E-state index in [4.69, 9.17) is 9.47 Å². The first kappa shape index (κ1) is 25.1. The molecule has 2 aromatic carbocycles. The summed E-state index contributed by atoms with van der Waals surface area (Å²) in [5, 5.41) is 5.80. The SMILES string of the molecule is COc1ccc(CC(NC(C)=O)C(=O)NC2CCN(C(=O)c3ccc(C)cc3)CC2)c(OC)c1. The summed E-state index contributed by atoms with van der Waals surface area (Å²) in [4.78, 5) is 39.4. The van der Waals surface area contributed by atoms with Crippen molar-refractivity contribution in [1.82, 2.24) is 15.5 Å². The highest BCUT2D eigenvalue weighted by atomic mass is 16.5. The zero-order valence-corrected chi connectivity index (χ0v) is 20.2. The van der Waals surface area contributed by atoms with Crippen molar-refractivity contribution in [2.24, 2.45) is 0 Å². The van der Waals surface area contributed by atoms with Crippen LogP contribution in [0, 0.1) is 6.92 Å². The lowest BCUT2D eigenvalue weighted by Gasteiger charge is -2.33. The van der Waals surface area contributed by atoms with Gasteiger partial charge in [0, 0.05) is 44.1 Å². The van der Waals surface area contributed by atoms with Gasteiger partial charge in [-0.3, -0.25) is 14.4 Å². The second-order valence-corrected chi connectivity index (χ2v) is 8.58. The van der Waals surface area contributed by atoms with Gasteiger partial charge in [-0.15, -0.1) is 0 Å². The van der Waals surface area contributed by atoms with Crippen molar-refractivity contribution < 1.29 is 23.9 Å². The zero-order chi connectivity index (χ0) is 24.7. The smallest absolute Gasteiger partial charge is 0.253 e. The van der Waals surface area contributed by atoms with Gasteiger partial charge in [0.2, 0.25) is 11.8 Å². The number of likely N-dealkylation sites (tertiary alicyclic amines) is 1. The molecule has 1 aliphatic heterocycles. The molecule has 1 unspecified atom stereocenters. The summed E-state index contributed by atoms with van der Waals surface area (Å²) < 4.78 is 10.7. The van der Waals surface area contributed by atoms with E-state index in [0.717, 1.165) is 11.1 Å². The summed E-state index contributed by atoms with van der Waals surface area (Å²) in [5.74, 6) is 0.702. The van der Waals surface area contributed by atoms with Gasteiger partial charge in [-0.05, 0) is 43.5 Å². The van der Waals surface area contributed by atoms with E-state index in [9.17, 15) is 14.4 Å². The maximum absolute atomic E-state index is 13.1. The van der Waals surface area contributed by atoms with Crippen LogP contribution in [0.1, 0.15) is 41.3 Å². The van der Waals surface area contributed by atoms with Gasteiger partial charge in [0.15, 0.2) is 0 Å². The Kier molecular flexibility index (Phi) is 8.51. The Bertz CT molecular complexity index is 1010. The summed E-state index contributed by atoms with van der Waals surface area (Å²) >= 11 is 0. The standard InChI is InChI=1S/C26H33N3O5/c1-17-5-7-19(8-6-17)26(32)29-13-11-21(12-14-29)28-25(31)23(27-18(2)30)15-20-9-10-22(33-3)16-24(20)34-4/h5-10,16,21,23H,11-15H2,1-4H3,(H,27,30)(H,28,31). The number of rotatable bonds is 8. The fraction of sp³-hybridized carbons (Fsp3) is 0.423. The van der Waals surface area contributed by atoms with Crippen LogP contribution in [0.4, 0.5) is 0 Å². The predicted molar refractivity (Wildman–Crippen MR) is 129 cm³/mol. The second kappa shape index (κ2) is 11.5. The summed E-state index contributed by atoms with van der Waals surface area (Å²) in [5.41, 5.74) is 2.57. The summed E-state index contributed by atoms with van der Waals surface area (Å²) in [6.45, 7) is 4.51. The van der Waals surface area contributed by atoms with E-state index in [-0.39, 0.29) is 30.2 Å². The van der Waals surface area contributed by atoms with Crippen molar-refractivity contribution >= 4 is 17.7 Å². The lowest BCUT2D eigenvalue weighted by Crippen LogP contribution is -2.53. The average molecular weight is 468 g/mol.